The van der Waals surface area contributed by atoms with E-state index in [1.54, 1.807) is 6.08 Å². The van der Waals surface area contributed by atoms with Gasteiger partial charge in [0, 0.05) is 12.6 Å². The molecule has 0 aliphatic carbocycles. The van der Waals surface area contributed by atoms with Crippen LogP contribution in [0.2, 0.25) is 0 Å². The van der Waals surface area contributed by atoms with Crippen molar-refractivity contribution in [1.29, 1.82) is 0 Å². The van der Waals surface area contributed by atoms with Gasteiger partial charge in [0.15, 0.2) is 0 Å². The normalized spacial score (nSPS) is 11.2. The molecule has 0 spiro atoms. The van der Waals surface area contributed by atoms with Crippen molar-refractivity contribution in [1.82, 2.24) is 14.9 Å². The minimum absolute atomic E-state index is 0.143. The topological polar surface area (TPSA) is 56.1 Å². The van der Waals surface area contributed by atoms with Crippen LogP contribution in [0, 0.1) is 13.8 Å². The fourth-order valence-electron chi connectivity index (χ4n) is 3.74. The second-order valence-corrected chi connectivity index (χ2v) is 8.10. The van der Waals surface area contributed by atoms with Gasteiger partial charge in [-0.05, 0) is 61.2 Å². The zero-order valence-corrected chi connectivity index (χ0v) is 19.1. The van der Waals surface area contributed by atoms with Gasteiger partial charge in [-0.15, -0.1) is 0 Å². The Kier molecular flexibility index (Phi) is 7.20. The van der Waals surface area contributed by atoms with Crippen LogP contribution in [0.5, 0.6) is 5.75 Å². The van der Waals surface area contributed by atoms with Crippen LogP contribution in [-0.4, -0.2) is 22.1 Å². The molecular formula is C28H29N3O2. The number of carbonyl (C=O) groups excluding carboxylic acids is 1. The van der Waals surface area contributed by atoms with E-state index in [0.717, 1.165) is 46.7 Å². The summed E-state index contributed by atoms with van der Waals surface area (Å²) in [5, 5.41) is 2.96. The summed E-state index contributed by atoms with van der Waals surface area (Å²) in [4.78, 5) is 17.1. The molecule has 5 nitrogen and oxygen atoms in total. The van der Waals surface area contributed by atoms with Crippen molar-refractivity contribution < 1.29 is 9.53 Å². The predicted octanol–water partition coefficient (Wildman–Crippen LogP) is 5.45. The van der Waals surface area contributed by atoms with E-state index in [4.69, 9.17) is 9.72 Å². The highest BCUT2D eigenvalue weighted by molar-refractivity contribution is 5.91. The van der Waals surface area contributed by atoms with Crippen LogP contribution in [0.3, 0.4) is 0 Å². The number of nitrogens with one attached hydrogen (secondary N) is 1. The van der Waals surface area contributed by atoms with Gasteiger partial charge in [-0.2, -0.15) is 0 Å². The van der Waals surface area contributed by atoms with Crippen LogP contribution in [0.4, 0.5) is 0 Å². The van der Waals surface area contributed by atoms with Gasteiger partial charge in [0.2, 0.25) is 5.91 Å². The van der Waals surface area contributed by atoms with E-state index in [2.05, 4.69) is 48.0 Å². The van der Waals surface area contributed by atoms with E-state index >= 15 is 0 Å². The number of ether oxygens (including phenoxy) is 1. The molecule has 168 valence electrons. The maximum absolute atomic E-state index is 12.3. The second-order valence-electron chi connectivity index (χ2n) is 8.10. The smallest absolute Gasteiger partial charge is 0.244 e. The number of para-hydroxylation sites is 2. The SMILES string of the molecule is Cc1ccc(C)c(OCCCn2c(CNC(=O)/C=C\c3ccccc3)nc3ccccc32)c1. The Balaban J connectivity index is 1.39. The van der Waals surface area contributed by atoms with Gasteiger partial charge in [-0.3, -0.25) is 4.79 Å². The molecule has 33 heavy (non-hydrogen) atoms. The van der Waals surface area contributed by atoms with Crippen LogP contribution in [0.1, 0.15) is 28.9 Å². The number of fused-ring (bicyclic) bond motifs is 1. The average Bonchev–Trinajstić information content (AvgIpc) is 3.19. The molecule has 1 N–H and O–H groups in total. The fourth-order valence-corrected chi connectivity index (χ4v) is 3.74. The van der Waals surface area contributed by atoms with Crippen LogP contribution >= 0.6 is 0 Å². The van der Waals surface area contributed by atoms with E-state index in [1.165, 1.54) is 5.56 Å². The van der Waals surface area contributed by atoms with Crippen molar-refractivity contribution in [2.24, 2.45) is 0 Å². The first-order chi connectivity index (χ1) is 16.1. The van der Waals surface area contributed by atoms with Crippen molar-refractivity contribution in [3.63, 3.8) is 0 Å². The van der Waals surface area contributed by atoms with Gasteiger partial charge in [-0.1, -0.05) is 54.6 Å². The molecule has 0 saturated heterocycles. The van der Waals surface area contributed by atoms with Crippen molar-refractivity contribution >= 4 is 23.0 Å². The third-order valence-corrected chi connectivity index (χ3v) is 5.51. The van der Waals surface area contributed by atoms with Gasteiger partial charge in [0.1, 0.15) is 11.6 Å². The van der Waals surface area contributed by atoms with Crippen LogP contribution in [-0.2, 0) is 17.9 Å². The first-order valence-corrected chi connectivity index (χ1v) is 11.3. The average molecular weight is 440 g/mol. The number of rotatable bonds is 9. The van der Waals surface area contributed by atoms with E-state index in [-0.39, 0.29) is 5.91 Å². The summed E-state index contributed by atoms with van der Waals surface area (Å²) in [5.74, 6) is 1.63. The first kappa shape index (κ1) is 22.3. The molecule has 1 amide bonds. The molecule has 1 aromatic heterocycles. The van der Waals surface area contributed by atoms with Gasteiger partial charge < -0.3 is 14.6 Å². The molecular weight excluding hydrogens is 410 g/mol. The summed E-state index contributed by atoms with van der Waals surface area (Å²) in [6.45, 7) is 5.87. The van der Waals surface area contributed by atoms with E-state index in [9.17, 15) is 4.79 Å². The van der Waals surface area contributed by atoms with Crippen molar-refractivity contribution in [2.45, 2.75) is 33.4 Å². The fraction of sp³-hybridized carbons (Fsp3) is 0.214. The molecule has 5 heteroatoms. The lowest BCUT2D eigenvalue weighted by atomic mass is 10.1. The van der Waals surface area contributed by atoms with E-state index in [1.807, 2.05) is 54.6 Å². The number of carbonyl (C=O) groups is 1. The second kappa shape index (κ2) is 10.6. The summed E-state index contributed by atoms with van der Waals surface area (Å²) in [7, 11) is 0. The molecule has 4 aromatic rings. The maximum Gasteiger partial charge on any atom is 0.244 e. The summed E-state index contributed by atoms with van der Waals surface area (Å²) in [6, 6.07) is 24.1. The maximum atomic E-state index is 12.3. The molecule has 0 aliphatic rings. The minimum atomic E-state index is -0.143. The number of benzene rings is 3. The third kappa shape index (κ3) is 5.89. The summed E-state index contributed by atoms with van der Waals surface area (Å²) < 4.78 is 8.20. The molecule has 0 unspecified atom stereocenters. The minimum Gasteiger partial charge on any atom is -0.493 e. The van der Waals surface area contributed by atoms with Gasteiger partial charge >= 0.3 is 0 Å². The molecule has 0 fully saturated rings. The highest BCUT2D eigenvalue weighted by Crippen LogP contribution is 2.20. The largest absolute Gasteiger partial charge is 0.493 e. The predicted molar refractivity (Wildman–Crippen MR) is 133 cm³/mol. The number of aryl methyl sites for hydroxylation is 3. The zero-order valence-electron chi connectivity index (χ0n) is 19.1. The lowest BCUT2D eigenvalue weighted by Crippen LogP contribution is -2.23. The number of imidazole rings is 1. The van der Waals surface area contributed by atoms with Gasteiger partial charge in [-0.25, -0.2) is 4.98 Å². The summed E-state index contributed by atoms with van der Waals surface area (Å²) in [5.41, 5.74) is 5.31. The number of nitrogens with zero attached hydrogens (tertiary/aromatic N) is 2. The molecule has 3 aromatic carbocycles. The number of aromatic nitrogens is 2. The number of amides is 1. The zero-order chi connectivity index (χ0) is 23.0. The quantitative estimate of drug-likeness (QED) is 0.279. The van der Waals surface area contributed by atoms with Crippen LogP contribution < -0.4 is 10.1 Å². The first-order valence-electron chi connectivity index (χ1n) is 11.3. The highest BCUT2D eigenvalue weighted by Gasteiger charge is 2.11. The Bertz CT molecular complexity index is 1260. The standard InChI is InChI=1S/C28H29N3O2/c1-21-13-14-22(2)26(19-21)33-18-8-17-31-25-12-7-6-11-24(25)30-27(31)20-29-28(32)16-15-23-9-4-3-5-10-23/h3-7,9-16,19H,8,17-18,20H2,1-2H3,(H,29,32)/b16-15-. The molecule has 1 heterocycles. The van der Waals surface area contributed by atoms with Crippen molar-refractivity contribution in [3.05, 3.63) is 101 Å². The molecule has 0 bridgehead atoms. The molecule has 0 aliphatic heterocycles. The van der Waals surface area contributed by atoms with E-state index < -0.39 is 0 Å². The molecule has 0 radical (unpaired) electrons. The Hall–Kier alpha value is -3.86. The van der Waals surface area contributed by atoms with Crippen LogP contribution in [0.25, 0.3) is 17.1 Å². The van der Waals surface area contributed by atoms with Crippen LogP contribution in [0.15, 0.2) is 78.9 Å². The van der Waals surface area contributed by atoms with Gasteiger partial charge in [0.25, 0.3) is 0 Å². The number of hydrogen-bond acceptors (Lipinski definition) is 3. The Morgan fingerprint density at radius 3 is 2.67 bits per heavy atom. The number of hydrogen-bond donors (Lipinski definition) is 1. The molecule has 0 saturated carbocycles. The molecule has 4 rings (SSSR count). The van der Waals surface area contributed by atoms with Crippen molar-refractivity contribution in [2.75, 3.05) is 6.61 Å². The lowest BCUT2D eigenvalue weighted by Gasteiger charge is -2.12. The van der Waals surface area contributed by atoms with Gasteiger partial charge in [0.05, 0.1) is 24.2 Å². The van der Waals surface area contributed by atoms with Crippen molar-refractivity contribution in [3.8, 4) is 5.75 Å². The summed E-state index contributed by atoms with van der Waals surface area (Å²) in [6.07, 6.45) is 4.20. The Morgan fingerprint density at radius 1 is 1.03 bits per heavy atom. The lowest BCUT2D eigenvalue weighted by molar-refractivity contribution is -0.116. The highest BCUT2D eigenvalue weighted by atomic mass is 16.5. The van der Waals surface area contributed by atoms with E-state index in [0.29, 0.717) is 13.2 Å². The molecule has 0 atom stereocenters. The Labute approximate surface area is 194 Å². The monoisotopic (exact) mass is 439 g/mol. The summed E-state index contributed by atoms with van der Waals surface area (Å²) >= 11 is 0. The Morgan fingerprint density at radius 2 is 1.82 bits per heavy atom. The third-order valence-electron chi connectivity index (χ3n) is 5.51.